The van der Waals surface area contributed by atoms with Crippen LogP contribution in [-0.4, -0.2) is 24.3 Å². The molecule has 1 rings (SSSR count). The maximum Gasteiger partial charge on any atom is 0.271 e. The molecule has 0 heterocycles. The van der Waals surface area contributed by atoms with Gasteiger partial charge < -0.3 is 4.74 Å². The predicted molar refractivity (Wildman–Crippen MR) is 113 cm³/mol. The van der Waals surface area contributed by atoms with Crippen LogP contribution in [0.2, 0.25) is 0 Å². The SMILES string of the molecule is CCCCCCc1ccc(OC(C)C(C)S(=O)(=O)O)cc1CCCCCC. The Morgan fingerprint density at radius 2 is 1.44 bits per heavy atom. The summed E-state index contributed by atoms with van der Waals surface area (Å²) < 4.78 is 37.7. The highest BCUT2D eigenvalue weighted by Crippen LogP contribution is 2.24. The summed E-state index contributed by atoms with van der Waals surface area (Å²) in [5.41, 5.74) is 2.69. The van der Waals surface area contributed by atoms with E-state index in [1.807, 2.05) is 6.07 Å². The molecule has 5 heteroatoms. The van der Waals surface area contributed by atoms with Crippen molar-refractivity contribution in [3.05, 3.63) is 29.3 Å². The summed E-state index contributed by atoms with van der Waals surface area (Å²) in [5.74, 6) is 0.681. The molecule has 0 aliphatic heterocycles. The molecule has 2 atom stereocenters. The molecule has 0 aliphatic carbocycles. The largest absolute Gasteiger partial charge is 0.489 e. The molecule has 1 aromatic rings. The first-order valence-electron chi connectivity index (χ1n) is 10.5. The summed E-state index contributed by atoms with van der Waals surface area (Å²) in [7, 11) is -4.10. The van der Waals surface area contributed by atoms with Gasteiger partial charge in [0.15, 0.2) is 0 Å². The number of ether oxygens (including phenoxy) is 1. The van der Waals surface area contributed by atoms with Gasteiger partial charge in [0.1, 0.15) is 17.1 Å². The van der Waals surface area contributed by atoms with Crippen molar-refractivity contribution in [2.24, 2.45) is 0 Å². The van der Waals surface area contributed by atoms with E-state index in [1.54, 1.807) is 6.92 Å². The lowest BCUT2D eigenvalue weighted by atomic mass is 9.96. The van der Waals surface area contributed by atoms with Gasteiger partial charge in [-0.15, -0.1) is 0 Å². The minimum Gasteiger partial charge on any atom is -0.489 e. The smallest absolute Gasteiger partial charge is 0.271 e. The Morgan fingerprint density at radius 3 is 1.96 bits per heavy atom. The van der Waals surface area contributed by atoms with Crippen molar-refractivity contribution in [1.82, 2.24) is 0 Å². The summed E-state index contributed by atoms with van der Waals surface area (Å²) in [5, 5.41) is -0.959. The third-order valence-corrected chi connectivity index (χ3v) is 6.55. The van der Waals surface area contributed by atoms with Gasteiger partial charge in [-0.3, -0.25) is 4.55 Å². The van der Waals surface area contributed by atoms with Gasteiger partial charge in [-0.1, -0.05) is 58.4 Å². The second-order valence-corrected chi connectivity index (χ2v) is 9.37. The second kappa shape index (κ2) is 12.4. The van der Waals surface area contributed by atoms with Gasteiger partial charge in [-0.2, -0.15) is 8.42 Å². The summed E-state index contributed by atoms with van der Waals surface area (Å²) >= 11 is 0. The first-order valence-corrected chi connectivity index (χ1v) is 12.0. The van der Waals surface area contributed by atoms with E-state index in [-0.39, 0.29) is 0 Å². The summed E-state index contributed by atoms with van der Waals surface area (Å²) in [6.07, 6.45) is 11.3. The number of unbranched alkanes of at least 4 members (excludes halogenated alkanes) is 6. The van der Waals surface area contributed by atoms with Crippen molar-refractivity contribution < 1.29 is 17.7 Å². The fourth-order valence-corrected chi connectivity index (χ4v) is 3.73. The number of hydrogen-bond acceptors (Lipinski definition) is 3. The fourth-order valence-electron chi connectivity index (χ4n) is 3.19. The van der Waals surface area contributed by atoms with E-state index in [1.165, 1.54) is 63.0 Å². The van der Waals surface area contributed by atoms with Crippen LogP contribution in [0.3, 0.4) is 0 Å². The zero-order valence-electron chi connectivity index (χ0n) is 17.5. The molecular formula is C22H38O4S. The molecule has 156 valence electrons. The van der Waals surface area contributed by atoms with Gasteiger partial charge in [0, 0.05) is 0 Å². The van der Waals surface area contributed by atoms with Gasteiger partial charge in [-0.25, -0.2) is 0 Å². The van der Waals surface area contributed by atoms with Crippen LogP contribution in [0.5, 0.6) is 5.75 Å². The molecule has 0 fully saturated rings. The van der Waals surface area contributed by atoms with Crippen LogP contribution in [0.25, 0.3) is 0 Å². The predicted octanol–water partition coefficient (Wildman–Crippen LogP) is 5.98. The van der Waals surface area contributed by atoms with E-state index >= 15 is 0 Å². The van der Waals surface area contributed by atoms with Crippen molar-refractivity contribution in [2.75, 3.05) is 0 Å². The molecule has 1 aromatic carbocycles. The van der Waals surface area contributed by atoms with Gasteiger partial charge >= 0.3 is 0 Å². The average Bonchev–Trinajstić information content (AvgIpc) is 2.62. The molecule has 0 bridgehead atoms. The molecule has 0 spiro atoms. The van der Waals surface area contributed by atoms with Crippen LogP contribution >= 0.6 is 0 Å². The molecular weight excluding hydrogens is 360 g/mol. The summed E-state index contributed by atoms with van der Waals surface area (Å²) in [6, 6.07) is 6.12. The van der Waals surface area contributed by atoms with Crippen LogP contribution in [0.4, 0.5) is 0 Å². The zero-order valence-corrected chi connectivity index (χ0v) is 18.4. The van der Waals surface area contributed by atoms with E-state index in [0.29, 0.717) is 5.75 Å². The van der Waals surface area contributed by atoms with Crippen LogP contribution in [-0.2, 0) is 23.0 Å². The van der Waals surface area contributed by atoms with Gasteiger partial charge in [0.2, 0.25) is 0 Å². The van der Waals surface area contributed by atoms with Gasteiger partial charge in [0.05, 0.1) is 0 Å². The Bertz CT molecular complexity index is 640. The van der Waals surface area contributed by atoms with Crippen molar-refractivity contribution in [3.63, 3.8) is 0 Å². The van der Waals surface area contributed by atoms with Crippen LogP contribution in [0.15, 0.2) is 18.2 Å². The van der Waals surface area contributed by atoms with Crippen LogP contribution < -0.4 is 4.74 Å². The van der Waals surface area contributed by atoms with Crippen molar-refractivity contribution >= 4 is 10.1 Å². The average molecular weight is 399 g/mol. The van der Waals surface area contributed by atoms with Crippen LogP contribution in [0.1, 0.15) is 90.2 Å². The number of aryl methyl sites for hydroxylation is 2. The van der Waals surface area contributed by atoms with Crippen molar-refractivity contribution in [3.8, 4) is 5.75 Å². The standard InChI is InChI=1S/C22H38O4S/c1-5-7-9-11-13-20-15-16-22(17-21(20)14-12-10-8-6-2)26-18(3)19(4)27(23,24)25/h15-19H,5-14H2,1-4H3,(H,23,24,25). The lowest BCUT2D eigenvalue weighted by molar-refractivity contribution is 0.214. The quantitative estimate of drug-likeness (QED) is 0.309. The van der Waals surface area contributed by atoms with E-state index in [4.69, 9.17) is 4.74 Å². The van der Waals surface area contributed by atoms with E-state index in [9.17, 15) is 13.0 Å². The zero-order chi connectivity index (χ0) is 20.3. The Balaban J connectivity index is 2.83. The monoisotopic (exact) mass is 398 g/mol. The molecule has 0 aromatic heterocycles. The molecule has 0 saturated carbocycles. The topological polar surface area (TPSA) is 63.6 Å². The molecule has 4 nitrogen and oxygen atoms in total. The lowest BCUT2D eigenvalue weighted by Crippen LogP contribution is -2.33. The Kier molecular flexibility index (Phi) is 11.0. The number of rotatable bonds is 14. The van der Waals surface area contributed by atoms with E-state index in [0.717, 1.165) is 19.3 Å². The highest BCUT2D eigenvalue weighted by atomic mass is 32.2. The maximum absolute atomic E-state index is 11.3. The highest BCUT2D eigenvalue weighted by Gasteiger charge is 2.26. The van der Waals surface area contributed by atoms with Gasteiger partial charge in [-0.05, 0) is 62.8 Å². The Hall–Kier alpha value is -1.07. The van der Waals surface area contributed by atoms with E-state index < -0.39 is 21.5 Å². The molecule has 1 N–H and O–H groups in total. The molecule has 0 amide bonds. The summed E-state index contributed by atoms with van der Waals surface area (Å²) in [6.45, 7) is 7.58. The molecule has 27 heavy (non-hydrogen) atoms. The summed E-state index contributed by atoms with van der Waals surface area (Å²) in [4.78, 5) is 0. The second-order valence-electron chi connectivity index (χ2n) is 7.59. The Morgan fingerprint density at radius 1 is 0.889 bits per heavy atom. The van der Waals surface area contributed by atoms with Crippen molar-refractivity contribution in [2.45, 2.75) is 103 Å². The normalized spacial score (nSPS) is 14.1. The molecule has 0 aliphatic rings. The minimum atomic E-state index is -4.10. The fraction of sp³-hybridized carbons (Fsp3) is 0.727. The lowest BCUT2D eigenvalue weighted by Gasteiger charge is -2.20. The third-order valence-electron chi connectivity index (χ3n) is 5.23. The number of hydrogen-bond donors (Lipinski definition) is 1. The first kappa shape index (κ1) is 24.0. The minimum absolute atomic E-state index is 0.608. The Labute approximate surface area is 166 Å². The van der Waals surface area contributed by atoms with Crippen LogP contribution in [0, 0.1) is 0 Å². The molecule has 0 saturated heterocycles. The molecule has 2 unspecified atom stereocenters. The third kappa shape index (κ3) is 9.11. The number of benzene rings is 1. The highest BCUT2D eigenvalue weighted by molar-refractivity contribution is 7.86. The molecule has 0 radical (unpaired) electrons. The van der Waals surface area contributed by atoms with Gasteiger partial charge in [0.25, 0.3) is 10.1 Å². The maximum atomic E-state index is 11.3. The van der Waals surface area contributed by atoms with Crippen molar-refractivity contribution in [1.29, 1.82) is 0 Å². The van der Waals surface area contributed by atoms with E-state index in [2.05, 4.69) is 26.0 Å². The first-order chi connectivity index (χ1) is 12.8.